The van der Waals surface area contributed by atoms with E-state index in [0.29, 0.717) is 31.6 Å². The Kier molecular flexibility index (Phi) is 5.19. The number of hydrogen-bond donors (Lipinski definition) is 1. The van der Waals surface area contributed by atoms with Crippen LogP contribution in [0.2, 0.25) is 0 Å². The van der Waals surface area contributed by atoms with Crippen molar-refractivity contribution in [1.82, 2.24) is 9.88 Å². The Hall–Kier alpha value is -3.41. The second-order valence-corrected chi connectivity index (χ2v) is 6.79. The monoisotopic (exact) mass is 375 g/mol. The first-order chi connectivity index (χ1) is 13.7. The highest BCUT2D eigenvalue weighted by atomic mass is 16.5. The maximum absolute atomic E-state index is 12.5. The number of pyridine rings is 1. The third kappa shape index (κ3) is 4.11. The maximum atomic E-state index is 12.5. The van der Waals surface area contributed by atoms with Gasteiger partial charge in [0.15, 0.2) is 0 Å². The number of nitrogens with one attached hydrogen (secondary N) is 1. The molecule has 1 aliphatic rings. The van der Waals surface area contributed by atoms with Crippen molar-refractivity contribution >= 4 is 28.4 Å². The summed E-state index contributed by atoms with van der Waals surface area (Å²) in [5.74, 6) is -0.334. The lowest BCUT2D eigenvalue weighted by atomic mass is 10.1. The largest absolute Gasteiger partial charge is 0.490 e. The second-order valence-electron chi connectivity index (χ2n) is 6.79. The van der Waals surface area contributed by atoms with E-state index < -0.39 is 11.8 Å². The normalized spacial score (nSPS) is 14.6. The van der Waals surface area contributed by atoms with E-state index in [1.165, 1.54) is 0 Å². The summed E-state index contributed by atoms with van der Waals surface area (Å²) in [4.78, 5) is 30.7. The molecule has 0 aliphatic carbocycles. The quantitative estimate of drug-likeness (QED) is 0.714. The zero-order valence-electron chi connectivity index (χ0n) is 15.4. The van der Waals surface area contributed by atoms with Gasteiger partial charge in [0.2, 0.25) is 0 Å². The minimum absolute atomic E-state index is 0.0548. The zero-order valence-corrected chi connectivity index (χ0v) is 15.4. The van der Waals surface area contributed by atoms with Crippen molar-refractivity contribution in [3.8, 4) is 5.75 Å². The highest BCUT2D eigenvalue weighted by Crippen LogP contribution is 2.19. The van der Waals surface area contributed by atoms with Crippen molar-refractivity contribution in [3.05, 3.63) is 66.9 Å². The molecule has 6 nitrogen and oxygen atoms in total. The lowest BCUT2D eigenvalue weighted by molar-refractivity contribution is -0.144. The maximum Gasteiger partial charge on any atom is 0.313 e. The molecule has 4 rings (SSSR count). The number of aromatic nitrogens is 1. The van der Waals surface area contributed by atoms with Crippen LogP contribution in [0.15, 0.2) is 66.9 Å². The first-order valence-corrected chi connectivity index (χ1v) is 9.36. The van der Waals surface area contributed by atoms with E-state index in [4.69, 9.17) is 4.74 Å². The van der Waals surface area contributed by atoms with Gasteiger partial charge in [-0.15, -0.1) is 0 Å². The highest BCUT2D eigenvalue weighted by Gasteiger charge is 2.28. The van der Waals surface area contributed by atoms with Crippen LogP contribution in [-0.2, 0) is 9.59 Å². The number of carbonyl (C=O) groups excluding carboxylic acids is 2. The molecule has 0 atom stereocenters. The molecule has 28 heavy (non-hydrogen) atoms. The van der Waals surface area contributed by atoms with Crippen molar-refractivity contribution in [2.45, 2.75) is 18.9 Å². The molecule has 142 valence electrons. The Morgan fingerprint density at radius 1 is 1.00 bits per heavy atom. The molecule has 2 aromatic carbocycles. The molecular formula is C22H21N3O3. The van der Waals surface area contributed by atoms with Crippen molar-refractivity contribution in [2.24, 2.45) is 0 Å². The van der Waals surface area contributed by atoms with Gasteiger partial charge in [-0.1, -0.05) is 36.4 Å². The zero-order chi connectivity index (χ0) is 19.3. The van der Waals surface area contributed by atoms with E-state index in [9.17, 15) is 9.59 Å². The summed E-state index contributed by atoms with van der Waals surface area (Å²) in [7, 11) is 0. The van der Waals surface area contributed by atoms with E-state index >= 15 is 0 Å². The molecule has 1 aromatic heterocycles. The van der Waals surface area contributed by atoms with Crippen LogP contribution < -0.4 is 10.1 Å². The van der Waals surface area contributed by atoms with E-state index in [-0.39, 0.29) is 6.10 Å². The number of carbonyl (C=O) groups is 2. The minimum Gasteiger partial charge on any atom is -0.490 e. The van der Waals surface area contributed by atoms with E-state index in [2.05, 4.69) is 10.3 Å². The number of hydrogen-bond acceptors (Lipinski definition) is 4. The van der Waals surface area contributed by atoms with Crippen LogP contribution in [0.3, 0.4) is 0 Å². The standard InChI is InChI=1S/C22H21N3O3/c26-21(24-17-14-16-6-4-5-9-20(16)23-15-17)22(27)25-12-10-19(11-13-25)28-18-7-2-1-3-8-18/h1-9,14-15,19H,10-13H2,(H,24,26). The molecule has 1 fully saturated rings. The predicted octanol–water partition coefficient (Wildman–Crippen LogP) is 3.24. The van der Waals surface area contributed by atoms with Gasteiger partial charge in [-0.3, -0.25) is 14.6 Å². The Bertz CT molecular complexity index is 982. The van der Waals surface area contributed by atoms with Gasteiger partial charge < -0.3 is 15.0 Å². The fourth-order valence-corrected chi connectivity index (χ4v) is 3.34. The summed E-state index contributed by atoms with van der Waals surface area (Å²) >= 11 is 0. The summed E-state index contributed by atoms with van der Waals surface area (Å²) in [5, 5.41) is 3.57. The van der Waals surface area contributed by atoms with Crippen LogP contribution in [0.1, 0.15) is 12.8 Å². The molecule has 3 aromatic rings. The number of piperidine rings is 1. The topological polar surface area (TPSA) is 71.5 Å². The molecule has 2 amide bonds. The molecule has 1 saturated heterocycles. The van der Waals surface area contributed by atoms with E-state index in [0.717, 1.165) is 16.7 Å². The molecule has 1 aliphatic heterocycles. The Balaban J connectivity index is 1.32. The van der Waals surface area contributed by atoms with Gasteiger partial charge in [0.25, 0.3) is 0 Å². The summed E-state index contributed by atoms with van der Waals surface area (Å²) in [6.45, 7) is 0.999. The molecule has 1 N–H and O–H groups in total. The van der Waals surface area contributed by atoms with Crippen molar-refractivity contribution in [1.29, 1.82) is 0 Å². The number of nitrogens with zero attached hydrogens (tertiary/aromatic N) is 2. The van der Waals surface area contributed by atoms with Crippen LogP contribution in [0.5, 0.6) is 5.75 Å². The first-order valence-electron chi connectivity index (χ1n) is 9.36. The summed E-state index contributed by atoms with van der Waals surface area (Å²) < 4.78 is 5.93. The summed E-state index contributed by atoms with van der Waals surface area (Å²) in [6, 6.07) is 19.1. The van der Waals surface area contributed by atoms with Crippen LogP contribution in [0, 0.1) is 0 Å². The average molecular weight is 375 g/mol. The van der Waals surface area contributed by atoms with Gasteiger partial charge in [-0.2, -0.15) is 0 Å². The highest BCUT2D eigenvalue weighted by molar-refractivity contribution is 6.39. The van der Waals surface area contributed by atoms with Gasteiger partial charge in [-0.25, -0.2) is 0 Å². The van der Waals surface area contributed by atoms with E-state index in [1.807, 2.05) is 60.7 Å². The van der Waals surface area contributed by atoms with Gasteiger partial charge in [0.1, 0.15) is 11.9 Å². The third-order valence-corrected chi connectivity index (χ3v) is 4.82. The fourth-order valence-electron chi connectivity index (χ4n) is 3.34. The number of benzene rings is 2. The van der Waals surface area contributed by atoms with Gasteiger partial charge in [0, 0.05) is 31.3 Å². The van der Waals surface area contributed by atoms with Crippen LogP contribution in [-0.4, -0.2) is 40.9 Å². The van der Waals surface area contributed by atoms with Crippen LogP contribution >= 0.6 is 0 Å². The number of ether oxygens (including phenoxy) is 1. The SMILES string of the molecule is O=C(Nc1cnc2ccccc2c1)C(=O)N1CCC(Oc2ccccc2)CC1. The number of amides is 2. The van der Waals surface area contributed by atoms with Crippen LogP contribution in [0.25, 0.3) is 10.9 Å². The van der Waals surface area contributed by atoms with Gasteiger partial charge >= 0.3 is 11.8 Å². The molecule has 0 bridgehead atoms. The Morgan fingerprint density at radius 3 is 2.50 bits per heavy atom. The van der Waals surface area contributed by atoms with Crippen LogP contribution in [0.4, 0.5) is 5.69 Å². The Morgan fingerprint density at radius 2 is 1.71 bits per heavy atom. The Labute approximate surface area is 163 Å². The van der Waals surface area contributed by atoms with E-state index in [1.54, 1.807) is 11.1 Å². The van der Waals surface area contributed by atoms with Crippen molar-refractivity contribution < 1.29 is 14.3 Å². The van der Waals surface area contributed by atoms with Gasteiger partial charge in [-0.05, 0) is 24.3 Å². The molecule has 0 radical (unpaired) electrons. The number of likely N-dealkylation sites (tertiary alicyclic amines) is 1. The summed E-state index contributed by atoms with van der Waals surface area (Å²) in [6.07, 6.45) is 3.02. The summed E-state index contributed by atoms with van der Waals surface area (Å²) in [5.41, 5.74) is 1.35. The third-order valence-electron chi connectivity index (χ3n) is 4.82. The molecular weight excluding hydrogens is 354 g/mol. The minimum atomic E-state index is -0.639. The lowest BCUT2D eigenvalue weighted by Gasteiger charge is -2.31. The molecule has 6 heteroatoms. The number of anilines is 1. The number of rotatable bonds is 3. The average Bonchev–Trinajstić information content (AvgIpc) is 2.74. The van der Waals surface area contributed by atoms with Gasteiger partial charge in [0.05, 0.1) is 17.4 Å². The number of para-hydroxylation sites is 2. The molecule has 2 heterocycles. The lowest BCUT2D eigenvalue weighted by Crippen LogP contribution is -2.46. The fraction of sp³-hybridized carbons (Fsp3) is 0.227. The first kappa shape index (κ1) is 18.0. The van der Waals surface area contributed by atoms with Crippen molar-refractivity contribution in [3.63, 3.8) is 0 Å². The molecule has 0 saturated carbocycles. The predicted molar refractivity (Wildman–Crippen MR) is 107 cm³/mol. The molecule has 0 unspecified atom stereocenters. The number of fused-ring (bicyclic) bond motifs is 1. The van der Waals surface area contributed by atoms with Crippen molar-refractivity contribution in [2.75, 3.05) is 18.4 Å². The molecule has 0 spiro atoms. The smallest absolute Gasteiger partial charge is 0.313 e. The second kappa shape index (κ2) is 8.08.